The Kier molecular flexibility index (Phi) is 6.12. The van der Waals surface area contributed by atoms with Gasteiger partial charge in [-0.2, -0.15) is 0 Å². The lowest BCUT2D eigenvalue weighted by Crippen LogP contribution is -2.46. The second-order valence-electron chi connectivity index (χ2n) is 5.07. The van der Waals surface area contributed by atoms with Gasteiger partial charge in [-0.3, -0.25) is 9.59 Å². The van der Waals surface area contributed by atoms with Crippen LogP contribution >= 0.6 is 0 Å². The number of carbonyl (C=O) groups is 2. The Morgan fingerprint density at radius 3 is 2.72 bits per heavy atom. The van der Waals surface area contributed by atoms with Crippen LogP contribution in [0.15, 0.2) is 0 Å². The van der Waals surface area contributed by atoms with Crippen LogP contribution in [0.1, 0.15) is 39.0 Å². The van der Waals surface area contributed by atoms with E-state index in [4.69, 9.17) is 5.73 Å². The molecule has 0 spiro atoms. The van der Waals surface area contributed by atoms with Gasteiger partial charge < -0.3 is 15.5 Å². The zero-order valence-corrected chi connectivity index (χ0v) is 11.5. The van der Waals surface area contributed by atoms with Gasteiger partial charge in [0.15, 0.2) is 0 Å². The molecule has 1 atom stereocenters. The number of likely N-dealkylation sites (N-methyl/N-ethyl adjacent to an activating group) is 1. The first-order valence-corrected chi connectivity index (χ1v) is 6.79. The Labute approximate surface area is 109 Å². The van der Waals surface area contributed by atoms with E-state index in [9.17, 15) is 9.59 Å². The van der Waals surface area contributed by atoms with E-state index in [1.54, 1.807) is 16.8 Å². The monoisotopic (exact) mass is 255 g/mol. The number of amides is 2. The lowest BCUT2D eigenvalue weighted by atomic mass is 10.1. The molecule has 0 aromatic carbocycles. The Morgan fingerprint density at radius 1 is 1.39 bits per heavy atom. The molecule has 2 N–H and O–H groups in total. The van der Waals surface area contributed by atoms with Gasteiger partial charge in [0.2, 0.25) is 11.8 Å². The smallest absolute Gasteiger partial charge is 0.242 e. The predicted octanol–water partition coefficient (Wildman–Crippen LogP) is 0.585. The van der Waals surface area contributed by atoms with E-state index >= 15 is 0 Å². The van der Waals surface area contributed by atoms with Crippen molar-refractivity contribution in [2.24, 2.45) is 5.73 Å². The molecule has 1 aliphatic heterocycles. The fourth-order valence-electron chi connectivity index (χ4n) is 2.06. The van der Waals surface area contributed by atoms with Crippen molar-refractivity contribution in [1.29, 1.82) is 0 Å². The number of hydrogen-bond acceptors (Lipinski definition) is 3. The second kappa shape index (κ2) is 7.36. The third-order valence-electron chi connectivity index (χ3n) is 3.64. The van der Waals surface area contributed by atoms with Gasteiger partial charge in [0.25, 0.3) is 0 Å². The molecule has 5 heteroatoms. The van der Waals surface area contributed by atoms with E-state index in [0.717, 1.165) is 25.7 Å². The first-order valence-electron chi connectivity index (χ1n) is 6.79. The summed E-state index contributed by atoms with van der Waals surface area (Å²) < 4.78 is 0. The largest absolute Gasteiger partial charge is 0.340 e. The van der Waals surface area contributed by atoms with Crippen LogP contribution < -0.4 is 5.73 Å². The summed E-state index contributed by atoms with van der Waals surface area (Å²) in [6.45, 7) is 3.25. The van der Waals surface area contributed by atoms with Gasteiger partial charge in [-0.25, -0.2) is 0 Å². The molecule has 5 nitrogen and oxygen atoms in total. The summed E-state index contributed by atoms with van der Waals surface area (Å²) in [5, 5.41) is 0. The topological polar surface area (TPSA) is 66.6 Å². The number of rotatable bonds is 4. The van der Waals surface area contributed by atoms with E-state index in [0.29, 0.717) is 19.5 Å². The molecule has 1 saturated heterocycles. The summed E-state index contributed by atoms with van der Waals surface area (Å²) in [5.74, 6) is 0.0822. The van der Waals surface area contributed by atoms with E-state index in [1.165, 1.54) is 0 Å². The van der Waals surface area contributed by atoms with Gasteiger partial charge in [0.1, 0.15) is 0 Å². The van der Waals surface area contributed by atoms with E-state index in [2.05, 4.69) is 0 Å². The van der Waals surface area contributed by atoms with Crippen LogP contribution in [-0.4, -0.2) is 54.3 Å². The standard InChI is InChI=1S/C13H25N3O2/c1-11(9-14)15(2)13(18)10-16-8-6-4-3-5-7-12(16)17/h11H,3-10,14H2,1-2H3. The van der Waals surface area contributed by atoms with Crippen LogP contribution in [0.5, 0.6) is 0 Å². The van der Waals surface area contributed by atoms with Crippen LogP contribution in [0.2, 0.25) is 0 Å². The molecule has 1 fully saturated rings. The summed E-state index contributed by atoms with van der Waals surface area (Å²) >= 11 is 0. The van der Waals surface area contributed by atoms with Gasteiger partial charge in [-0.15, -0.1) is 0 Å². The van der Waals surface area contributed by atoms with Crippen molar-refractivity contribution in [2.45, 2.75) is 45.1 Å². The molecule has 18 heavy (non-hydrogen) atoms. The average molecular weight is 255 g/mol. The maximum atomic E-state index is 12.0. The molecule has 2 amide bonds. The molecule has 1 heterocycles. The Morgan fingerprint density at radius 2 is 2.06 bits per heavy atom. The van der Waals surface area contributed by atoms with E-state index < -0.39 is 0 Å². The fourth-order valence-corrected chi connectivity index (χ4v) is 2.06. The van der Waals surface area contributed by atoms with Gasteiger partial charge >= 0.3 is 0 Å². The fraction of sp³-hybridized carbons (Fsp3) is 0.846. The minimum Gasteiger partial charge on any atom is -0.340 e. The zero-order chi connectivity index (χ0) is 13.5. The summed E-state index contributed by atoms with van der Waals surface area (Å²) in [7, 11) is 1.74. The summed E-state index contributed by atoms with van der Waals surface area (Å²) in [5.41, 5.74) is 5.54. The lowest BCUT2D eigenvalue weighted by molar-refractivity contribution is -0.141. The van der Waals surface area contributed by atoms with Crippen molar-refractivity contribution in [2.75, 3.05) is 26.7 Å². The number of hydrogen-bond donors (Lipinski definition) is 1. The van der Waals surface area contributed by atoms with Crippen molar-refractivity contribution in [1.82, 2.24) is 9.80 Å². The Bertz CT molecular complexity index is 294. The zero-order valence-electron chi connectivity index (χ0n) is 11.5. The Balaban J connectivity index is 2.52. The highest BCUT2D eigenvalue weighted by molar-refractivity contribution is 5.84. The summed E-state index contributed by atoms with van der Waals surface area (Å²) in [6, 6.07) is 0.0161. The third-order valence-corrected chi connectivity index (χ3v) is 3.64. The van der Waals surface area contributed by atoms with Crippen LogP contribution in [0.4, 0.5) is 0 Å². The molecule has 1 aliphatic rings. The maximum Gasteiger partial charge on any atom is 0.242 e. The first kappa shape index (κ1) is 15.0. The van der Waals surface area contributed by atoms with Crippen molar-refractivity contribution >= 4 is 11.8 Å². The molecule has 0 radical (unpaired) electrons. The number of carbonyl (C=O) groups excluding carboxylic acids is 2. The molecular formula is C13H25N3O2. The SMILES string of the molecule is CC(CN)N(C)C(=O)CN1CCCCCCC1=O. The molecule has 104 valence electrons. The van der Waals surface area contributed by atoms with Gasteiger partial charge in [-0.1, -0.05) is 12.8 Å². The molecule has 1 unspecified atom stereocenters. The van der Waals surface area contributed by atoms with Crippen molar-refractivity contribution in [3.63, 3.8) is 0 Å². The number of likely N-dealkylation sites (tertiary alicyclic amines) is 1. The van der Waals surface area contributed by atoms with E-state index in [-0.39, 0.29) is 24.4 Å². The quantitative estimate of drug-likeness (QED) is 0.799. The highest BCUT2D eigenvalue weighted by Crippen LogP contribution is 2.12. The maximum absolute atomic E-state index is 12.0. The molecule has 0 saturated carbocycles. The van der Waals surface area contributed by atoms with E-state index in [1.807, 2.05) is 6.92 Å². The van der Waals surface area contributed by atoms with Gasteiger partial charge in [-0.05, 0) is 19.8 Å². The van der Waals surface area contributed by atoms with Crippen LogP contribution in [0.3, 0.4) is 0 Å². The summed E-state index contributed by atoms with van der Waals surface area (Å²) in [6.07, 6.45) is 4.78. The van der Waals surface area contributed by atoms with Gasteiger partial charge in [0, 0.05) is 32.6 Å². The van der Waals surface area contributed by atoms with Crippen molar-refractivity contribution < 1.29 is 9.59 Å². The highest BCUT2D eigenvalue weighted by Gasteiger charge is 2.21. The minimum absolute atomic E-state index is 0.0161. The molecule has 0 aromatic heterocycles. The van der Waals surface area contributed by atoms with Crippen LogP contribution in [-0.2, 0) is 9.59 Å². The molecule has 1 rings (SSSR count). The number of nitrogens with zero attached hydrogens (tertiary/aromatic N) is 2. The predicted molar refractivity (Wildman–Crippen MR) is 71.0 cm³/mol. The average Bonchev–Trinajstić information content (AvgIpc) is 2.36. The van der Waals surface area contributed by atoms with Crippen LogP contribution in [0, 0.1) is 0 Å². The third kappa shape index (κ3) is 4.29. The number of nitrogens with two attached hydrogens (primary N) is 1. The van der Waals surface area contributed by atoms with Gasteiger partial charge in [0.05, 0.1) is 6.54 Å². The second-order valence-corrected chi connectivity index (χ2v) is 5.07. The Hall–Kier alpha value is -1.10. The molecule has 0 bridgehead atoms. The lowest BCUT2D eigenvalue weighted by Gasteiger charge is -2.29. The summed E-state index contributed by atoms with van der Waals surface area (Å²) in [4.78, 5) is 27.3. The molecule has 0 aromatic rings. The highest BCUT2D eigenvalue weighted by atomic mass is 16.2. The van der Waals surface area contributed by atoms with Crippen LogP contribution in [0.25, 0.3) is 0 Å². The first-order chi connectivity index (χ1) is 8.56. The molecular weight excluding hydrogens is 230 g/mol. The van der Waals surface area contributed by atoms with Crippen molar-refractivity contribution in [3.8, 4) is 0 Å². The normalized spacial score (nSPS) is 19.1. The van der Waals surface area contributed by atoms with Crippen molar-refractivity contribution in [3.05, 3.63) is 0 Å². The molecule has 0 aliphatic carbocycles. The minimum atomic E-state index is -0.0260.